The van der Waals surface area contributed by atoms with Crippen molar-refractivity contribution in [2.75, 3.05) is 25.0 Å². The van der Waals surface area contributed by atoms with Crippen molar-refractivity contribution in [1.29, 1.82) is 0 Å². The van der Waals surface area contributed by atoms with Crippen molar-refractivity contribution < 1.29 is 4.79 Å². The minimum atomic E-state index is 0.133. The fourth-order valence-electron chi connectivity index (χ4n) is 2.93. The third-order valence-corrected chi connectivity index (χ3v) is 4.24. The van der Waals surface area contributed by atoms with Crippen LogP contribution in [0, 0.1) is 0 Å². The van der Waals surface area contributed by atoms with E-state index in [4.69, 9.17) is 0 Å². The molecule has 0 fully saturated rings. The van der Waals surface area contributed by atoms with Crippen LogP contribution in [0.2, 0.25) is 0 Å². The van der Waals surface area contributed by atoms with Crippen molar-refractivity contribution in [3.05, 3.63) is 65.2 Å². The molecular formula is C19H22N2O. The van der Waals surface area contributed by atoms with Gasteiger partial charge in [-0.25, -0.2) is 0 Å². The van der Waals surface area contributed by atoms with Crippen molar-refractivity contribution >= 4 is 11.6 Å². The van der Waals surface area contributed by atoms with Crippen LogP contribution in [0.5, 0.6) is 0 Å². The molecule has 1 aliphatic rings. The number of fused-ring (bicyclic) bond motifs is 1. The fourth-order valence-corrected chi connectivity index (χ4v) is 2.93. The van der Waals surface area contributed by atoms with Crippen molar-refractivity contribution in [3.63, 3.8) is 0 Å². The smallest absolute Gasteiger partial charge is 0.253 e. The molecular weight excluding hydrogens is 272 g/mol. The Labute approximate surface area is 132 Å². The molecule has 1 N–H and O–H groups in total. The Morgan fingerprint density at radius 2 is 2.00 bits per heavy atom. The Kier molecular flexibility index (Phi) is 4.42. The van der Waals surface area contributed by atoms with Crippen molar-refractivity contribution in [3.8, 4) is 0 Å². The molecule has 0 atom stereocenters. The van der Waals surface area contributed by atoms with Crippen LogP contribution in [0.4, 0.5) is 5.69 Å². The minimum Gasteiger partial charge on any atom is -0.384 e. The van der Waals surface area contributed by atoms with Crippen LogP contribution in [0.1, 0.15) is 28.4 Å². The summed E-state index contributed by atoms with van der Waals surface area (Å²) in [6, 6.07) is 16.3. The summed E-state index contributed by atoms with van der Waals surface area (Å²) in [5.74, 6) is 0.133. The molecule has 2 aromatic carbocycles. The van der Waals surface area contributed by atoms with E-state index in [1.54, 1.807) is 0 Å². The number of carbonyl (C=O) groups excluding carboxylic acids is 1. The van der Waals surface area contributed by atoms with E-state index in [0.29, 0.717) is 0 Å². The van der Waals surface area contributed by atoms with E-state index in [1.807, 2.05) is 48.2 Å². The average molecular weight is 294 g/mol. The molecule has 1 aliphatic heterocycles. The molecule has 0 saturated carbocycles. The Bertz CT molecular complexity index is 652. The molecule has 0 aromatic heterocycles. The molecule has 0 bridgehead atoms. The SMILES string of the molecule is CCN(CCc1ccccc1)C(=O)c1ccc2c(c1)CCN2. The largest absolute Gasteiger partial charge is 0.384 e. The first-order valence-electron chi connectivity index (χ1n) is 7.98. The highest BCUT2D eigenvalue weighted by Crippen LogP contribution is 2.23. The van der Waals surface area contributed by atoms with Crippen LogP contribution in [0.25, 0.3) is 0 Å². The number of likely N-dealkylation sites (N-methyl/N-ethyl adjacent to an activating group) is 1. The molecule has 3 heteroatoms. The van der Waals surface area contributed by atoms with Crippen molar-refractivity contribution in [2.24, 2.45) is 0 Å². The van der Waals surface area contributed by atoms with Crippen molar-refractivity contribution in [1.82, 2.24) is 4.90 Å². The van der Waals surface area contributed by atoms with Gasteiger partial charge in [0.2, 0.25) is 0 Å². The molecule has 0 unspecified atom stereocenters. The maximum atomic E-state index is 12.7. The van der Waals surface area contributed by atoms with Gasteiger partial charge in [0.25, 0.3) is 5.91 Å². The zero-order chi connectivity index (χ0) is 15.4. The monoisotopic (exact) mass is 294 g/mol. The van der Waals surface area contributed by atoms with Gasteiger partial charge in [-0.15, -0.1) is 0 Å². The molecule has 0 aliphatic carbocycles. The predicted octanol–water partition coefficient (Wildman–Crippen LogP) is 3.36. The van der Waals surface area contributed by atoms with Gasteiger partial charge in [0.1, 0.15) is 0 Å². The van der Waals surface area contributed by atoms with Gasteiger partial charge in [-0.05, 0) is 49.1 Å². The zero-order valence-corrected chi connectivity index (χ0v) is 13.0. The highest BCUT2D eigenvalue weighted by Gasteiger charge is 2.17. The maximum absolute atomic E-state index is 12.7. The summed E-state index contributed by atoms with van der Waals surface area (Å²) in [5, 5.41) is 3.33. The first kappa shape index (κ1) is 14.6. The number of anilines is 1. The maximum Gasteiger partial charge on any atom is 0.253 e. The predicted molar refractivity (Wildman–Crippen MR) is 90.4 cm³/mol. The number of rotatable bonds is 5. The lowest BCUT2D eigenvalue weighted by Crippen LogP contribution is -2.32. The normalized spacial score (nSPS) is 12.6. The van der Waals surface area contributed by atoms with Gasteiger partial charge in [0.15, 0.2) is 0 Å². The lowest BCUT2D eigenvalue weighted by atomic mass is 10.1. The standard InChI is InChI=1S/C19H22N2O/c1-2-21(13-11-15-6-4-3-5-7-15)19(22)17-8-9-18-16(14-17)10-12-20-18/h3-9,14,20H,2,10-13H2,1H3. The third-order valence-electron chi connectivity index (χ3n) is 4.24. The topological polar surface area (TPSA) is 32.3 Å². The molecule has 0 saturated heterocycles. The summed E-state index contributed by atoms with van der Waals surface area (Å²) in [4.78, 5) is 14.6. The molecule has 3 rings (SSSR count). The van der Waals surface area contributed by atoms with Gasteiger partial charge in [0, 0.05) is 30.9 Å². The second-order valence-electron chi connectivity index (χ2n) is 5.67. The average Bonchev–Trinajstić information content (AvgIpc) is 3.03. The first-order chi connectivity index (χ1) is 10.8. The van der Waals surface area contributed by atoms with Crippen molar-refractivity contribution in [2.45, 2.75) is 19.8 Å². The third kappa shape index (κ3) is 3.14. The molecule has 0 spiro atoms. The highest BCUT2D eigenvalue weighted by atomic mass is 16.2. The number of hydrogen-bond donors (Lipinski definition) is 1. The number of hydrogen-bond acceptors (Lipinski definition) is 2. The van der Waals surface area contributed by atoms with Gasteiger partial charge in [0.05, 0.1) is 0 Å². The fraction of sp³-hybridized carbons (Fsp3) is 0.316. The number of benzene rings is 2. The Morgan fingerprint density at radius 3 is 2.77 bits per heavy atom. The van der Waals surface area contributed by atoms with E-state index in [-0.39, 0.29) is 5.91 Å². The molecule has 1 heterocycles. The van der Waals surface area contributed by atoms with E-state index in [2.05, 4.69) is 17.4 Å². The molecule has 3 nitrogen and oxygen atoms in total. The molecule has 114 valence electrons. The zero-order valence-electron chi connectivity index (χ0n) is 13.0. The lowest BCUT2D eigenvalue weighted by Gasteiger charge is -2.21. The van der Waals surface area contributed by atoms with E-state index < -0.39 is 0 Å². The summed E-state index contributed by atoms with van der Waals surface area (Å²) in [6.07, 6.45) is 1.90. The lowest BCUT2D eigenvalue weighted by molar-refractivity contribution is 0.0766. The minimum absolute atomic E-state index is 0.133. The number of nitrogens with zero attached hydrogens (tertiary/aromatic N) is 1. The number of amides is 1. The quantitative estimate of drug-likeness (QED) is 0.917. The molecule has 22 heavy (non-hydrogen) atoms. The summed E-state index contributed by atoms with van der Waals surface area (Å²) in [5.41, 5.74) is 4.50. The van der Waals surface area contributed by atoms with Crippen LogP contribution in [-0.4, -0.2) is 30.4 Å². The summed E-state index contributed by atoms with van der Waals surface area (Å²) < 4.78 is 0. The highest BCUT2D eigenvalue weighted by molar-refractivity contribution is 5.95. The second-order valence-corrected chi connectivity index (χ2v) is 5.67. The van der Waals surface area contributed by atoms with Gasteiger partial charge < -0.3 is 10.2 Å². The first-order valence-corrected chi connectivity index (χ1v) is 7.98. The Balaban J connectivity index is 1.69. The van der Waals surface area contributed by atoms with Crippen LogP contribution in [-0.2, 0) is 12.8 Å². The van der Waals surface area contributed by atoms with E-state index in [1.165, 1.54) is 16.8 Å². The van der Waals surface area contributed by atoms with Gasteiger partial charge in [-0.2, -0.15) is 0 Å². The van der Waals surface area contributed by atoms with E-state index >= 15 is 0 Å². The van der Waals surface area contributed by atoms with Gasteiger partial charge >= 0.3 is 0 Å². The molecule has 0 radical (unpaired) electrons. The number of nitrogens with one attached hydrogen (secondary N) is 1. The van der Waals surface area contributed by atoms with Crippen LogP contribution in [0.15, 0.2) is 48.5 Å². The molecule has 1 amide bonds. The summed E-state index contributed by atoms with van der Waals surface area (Å²) in [6.45, 7) is 4.51. The van der Waals surface area contributed by atoms with Crippen LogP contribution in [0.3, 0.4) is 0 Å². The van der Waals surface area contributed by atoms with Gasteiger partial charge in [-0.3, -0.25) is 4.79 Å². The van der Waals surface area contributed by atoms with E-state index in [9.17, 15) is 4.79 Å². The Morgan fingerprint density at radius 1 is 1.18 bits per heavy atom. The molecule has 2 aromatic rings. The number of carbonyl (C=O) groups is 1. The summed E-state index contributed by atoms with van der Waals surface area (Å²) >= 11 is 0. The Hall–Kier alpha value is -2.29. The van der Waals surface area contributed by atoms with E-state index in [0.717, 1.165) is 38.0 Å². The van der Waals surface area contributed by atoms with Crippen LogP contribution < -0.4 is 5.32 Å². The van der Waals surface area contributed by atoms with Crippen LogP contribution >= 0.6 is 0 Å². The summed E-state index contributed by atoms with van der Waals surface area (Å²) in [7, 11) is 0. The second kappa shape index (κ2) is 6.65. The van der Waals surface area contributed by atoms with Gasteiger partial charge in [-0.1, -0.05) is 30.3 Å².